The number of amides is 1. The van der Waals surface area contributed by atoms with Gasteiger partial charge in [-0.05, 0) is 49.9 Å². The quantitative estimate of drug-likeness (QED) is 0.484. The minimum atomic E-state index is -0.246. The van der Waals surface area contributed by atoms with Crippen molar-refractivity contribution in [2.45, 2.75) is 57.5 Å². The summed E-state index contributed by atoms with van der Waals surface area (Å²) >= 11 is 1.60. The number of halogens is 1. The number of hydrogen-bond donors (Lipinski definition) is 0. The molecule has 1 amide bonds. The molecule has 5 nitrogen and oxygen atoms in total. The van der Waals surface area contributed by atoms with Crippen molar-refractivity contribution >= 4 is 22.2 Å². The molecule has 2 aliphatic rings. The molecule has 1 saturated heterocycles. The first-order valence-corrected chi connectivity index (χ1v) is 12.7. The molecule has 3 aromatic rings. The Morgan fingerprint density at radius 3 is 2.72 bits per heavy atom. The lowest BCUT2D eigenvalue weighted by Gasteiger charge is -2.31. The lowest BCUT2D eigenvalue weighted by atomic mass is 9.88. The van der Waals surface area contributed by atoms with Crippen molar-refractivity contribution in [3.05, 3.63) is 47.4 Å². The van der Waals surface area contributed by atoms with Crippen molar-refractivity contribution in [2.24, 2.45) is 5.92 Å². The standard InChI is InChI=1S/C25H30FN3O2S/c26-20-10-8-18(9-11-20)23-16-29-21(17-32-25(29)27-23)12-13-28(15-22-7-4-14-31-22)24(30)19-5-2-1-3-6-19/h8-11,16-17,19,22H,1-7,12-15H2. The zero-order chi connectivity index (χ0) is 21.9. The monoisotopic (exact) mass is 455 g/mol. The first kappa shape index (κ1) is 21.6. The van der Waals surface area contributed by atoms with Crippen molar-refractivity contribution in [2.75, 3.05) is 19.7 Å². The molecule has 170 valence electrons. The highest BCUT2D eigenvalue weighted by Gasteiger charge is 2.29. The predicted octanol–water partition coefficient (Wildman–Crippen LogP) is 5.33. The van der Waals surface area contributed by atoms with Gasteiger partial charge in [-0.25, -0.2) is 9.37 Å². The molecular formula is C25H30FN3O2S. The van der Waals surface area contributed by atoms with Gasteiger partial charge in [-0.1, -0.05) is 19.3 Å². The van der Waals surface area contributed by atoms with E-state index < -0.39 is 0 Å². The molecule has 0 radical (unpaired) electrons. The number of carbonyl (C=O) groups excluding carboxylic acids is 1. The zero-order valence-electron chi connectivity index (χ0n) is 18.3. The number of hydrogen-bond acceptors (Lipinski definition) is 4. The Balaban J connectivity index is 1.31. The molecular weight excluding hydrogens is 425 g/mol. The van der Waals surface area contributed by atoms with Gasteiger partial charge < -0.3 is 9.64 Å². The lowest BCUT2D eigenvalue weighted by Crippen LogP contribution is -2.42. The molecule has 2 fully saturated rings. The maximum atomic E-state index is 13.3. The van der Waals surface area contributed by atoms with E-state index in [-0.39, 0.29) is 17.8 Å². The molecule has 7 heteroatoms. The van der Waals surface area contributed by atoms with E-state index in [0.717, 1.165) is 73.5 Å². The van der Waals surface area contributed by atoms with E-state index in [0.29, 0.717) is 19.0 Å². The van der Waals surface area contributed by atoms with Crippen LogP contribution in [0.3, 0.4) is 0 Å². The molecule has 1 atom stereocenters. The Kier molecular flexibility index (Phi) is 6.55. The molecule has 0 N–H and O–H groups in total. The van der Waals surface area contributed by atoms with Gasteiger partial charge in [0, 0.05) is 54.9 Å². The molecule has 1 aliphatic carbocycles. The number of carbonyl (C=O) groups is 1. The van der Waals surface area contributed by atoms with Crippen LogP contribution in [0.5, 0.6) is 0 Å². The van der Waals surface area contributed by atoms with Crippen LogP contribution in [0, 0.1) is 11.7 Å². The molecule has 1 unspecified atom stereocenters. The Hall–Kier alpha value is -2.25. The van der Waals surface area contributed by atoms with Gasteiger partial charge in [0.05, 0.1) is 11.8 Å². The van der Waals surface area contributed by atoms with Gasteiger partial charge in [-0.2, -0.15) is 0 Å². The van der Waals surface area contributed by atoms with Crippen molar-refractivity contribution in [1.82, 2.24) is 14.3 Å². The van der Waals surface area contributed by atoms with E-state index in [1.165, 1.54) is 18.6 Å². The van der Waals surface area contributed by atoms with Crippen molar-refractivity contribution in [3.8, 4) is 11.3 Å². The minimum absolute atomic E-state index is 0.170. The largest absolute Gasteiger partial charge is 0.376 e. The van der Waals surface area contributed by atoms with Crippen LogP contribution in [0.15, 0.2) is 35.8 Å². The first-order chi connectivity index (χ1) is 15.7. The van der Waals surface area contributed by atoms with E-state index in [4.69, 9.17) is 9.72 Å². The van der Waals surface area contributed by atoms with Gasteiger partial charge in [-0.15, -0.1) is 11.3 Å². The summed E-state index contributed by atoms with van der Waals surface area (Å²) in [5, 5.41) is 2.13. The molecule has 1 saturated carbocycles. The average Bonchev–Trinajstić information content (AvgIpc) is 3.56. The first-order valence-electron chi connectivity index (χ1n) is 11.8. The minimum Gasteiger partial charge on any atom is -0.376 e. The molecule has 1 aromatic carbocycles. The molecule has 0 bridgehead atoms. The van der Waals surface area contributed by atoms with Gasteiger partial charge in [0.2, 0.25) is 5.91 Å². The summed E-state index contributed by atoms with van der Waals surface area (Å²) in [7, 11) is 0. The fraction of sp³-hybridized carbons (Fsp3) is 0.520. The molecule has 5 rings (SSSR count). The highest BCUT2D eigenvalue weighted by Crippen LogP contribution is 2.27. The summed E-state index contributed by atoms with van der Waals surface area (Å²) in [6.07, 6.45) is 10.7. The highest BCUT2D eigenvalue weighted by molar-refractivity contribution is 7.15. The zero-order valence-corrected chi connectivity index (χ0v) is 19.2. The van der Waals surface area contributed by atoms with Gasteiger partial charge in [0.15, 0.2) is 4.96 Å². The number of benzene rings is 1. The Morgan fingerprint density at radius 2 is 1.97 bits per heavy atom. The lowest BCUT2D eigenvalue weighted by molar-refractivity contribution is -0.138. The normalized spacial score (nSPS) is 19.6. The van der Waals surface area contributed by atoms with Gasteiger partial charge in [0.25, 0.3) is 0 Å². The topological polar surface area (TPSA) is 46.8 Å². The summed E-state index contributed by atoms with van der Waals surface area (Å²) in [5.41, 5.74) is 2.90. The van der Waals surface area contributed by atoms with Crippen LogP contribution in [0.25, 0.3) is 16.2 Å². The second-order valence-corrected chi connectivity index (χ2v) is 9.85. The third kappa shape index (κ3) is 4.74. The highest BCUT2D eigenvalue weighted by atomic mass is 32.1. The smallest absolute Gasteiger partial charge is 0.225 e. The van der Waals surface area contributed by atoms with Crippen molar-refractivity contribution in [3.63, 3.8) is 0 Å². The number of imidazole rings is 1. The van der Waals surface area contributed by atoms with E-state index >= 15 is 0 Å². The van der Waals surface area contributed by atoms with E-state index in [1.807, 2.05) is 6.20 Å². The number of ether oxygens (including phenoxy) is 1. The van der Waals surface area contributed by atoms with Gasteiger partial charge in [-0.3, -0.25) is 9.20 Å². The van der Waals surface area contributed by atoms with Crippen molar-refractivity contribution in [1.29, 1.82) is 0 Å². The van der Waals surface area contributed by atoms with E-state index in [2.05, 4.69) is 14.7 Å². The van der Waals surface area contributed by atoms with Crippen LogP contribution < -0.4 is 0 Å². The summed E-state index contributed by atoms with van der Waals surface area (Å²) in [6, 6.07) is 6.44. The maximum absolute atomic E-state index is 13.3. The second kappa shape index (κ2) is 9.71. The van der Waals surface area contributed by atoms with Crippen LogP contribution in [0.1, 0.15) is 50.6 Å². The summed E-state index contributed by atoms with van der Waals surface area (Å²) in [4.78, 5) is 21.0. The maximum Gasteiger partial charge on any atom is 0.225 e. The molecule has 2 aromatic heterocycles. The molecule has 32 heavy (non-hydrogen) atoms. The third-order valence-corrected chi connectivity index (χ3v) is 7.66. The second-order valence-electron chi connectivity index (χ2n) is 9.02. The number of fused-ring (bicyclic) bond motifs is 1. The van der Waals surface area contributed by atoms with Crippen LogP contribution >= 0.6 is 11.3 Å². The summed E-state index contributed by atoms with van der Waals surface area (Å²) in [6.45, 7) is 2.21. The molecule has 1 aliphatic heterocycles. The predicted molar refractivity (Wildman–Crippen MR) is 124 cm³/mol. The van der Waals surface area contributed by atoms with Gasteiger partial charge >= 0.3 is 0 Å². The van der Waals surface area contributed by atoms with E-state index in [9.17, 15) is 9.18 Å². The van der Waals surface area contributed by atoms with Crippen LogP contribution in [-0.4, -0.2) is 46.0 Å². The Morgan fingerprint density at radius 1 is 1.16 bits per heavy atom. The summed E-state index contributed by atoms with van der Waals surface area (Å²) in [5.74, 6) is 0.236. The van der Waals surface area contributed by atoms with Crippen molar-refractivity contribution < 1.29 is 13.9 Å². The van der Waals surface area contributed by atoms with E-state index in [1.54, 1.807) is 23.5 Å². The SMILES string of the molecule is O=C(C1CCCCC1)N(CCc1csc2nc(-c3ccc(F)cc3)cn12)CC1CCCO1. The Labute approximate surface area is 192 Å². The molecule has 0 spiro atoms. The fourth-order valence-corrected chi connectivity index (χ4v) is 5.86. The summed E-state index contributed by atoms with van der Waals surface area (Å²) < 4.78 is 21.2. The molecule has 3 heterocycles. The number of nitrogens with zero attached hydrogens (tertiary/aromatic N) is 3. The van der Waals surface area contributed by atoms with Crippen LogP contribution in [0.2, 0.25) is 0 Å². The van der Waals surface area contributed by atoms with Crippen LogP contribution in [-0.2, 0) is 16.0 Å². The third-order valence-electron chi connectivity index (χ3n) is 6.78. The fourth-order valence-electron chi connectivity index (χ4n) is 4.95. The Bertz CT molecular complexity index is 1050. The number of aromatic nitrogens is 2. The number of rotatable bonds is 7. The van der Waals surface area contributed by atoms with Crippen LogP contribution in [0.4, 0.5) is 4.39 Å². The average molecular weight is 456 g/mol. The van der Waals surface area contributed by atoms with Gasteiger partial charge in [0.1, 0.15) is 5.82 Å². The number of thiazole rings is 1.